The molecule has 1 atom stereocenters. The van der Waals surface area contributed by atoms with Gasteiger partial charge in [0.2, 0.25) is 5.91 Å². The van der Waals surface area contributed by atoms with E-state index in [9.17, 15) is 24.5 Å². The van der Waals surface area contributed by atoms with E-state index in [2.05, 4.69) is 16.0 Å². The number of benzene rings is 4. The van der Waals surface area contributed by atoms with Crippen molar-refractivity contribution >= 4 is 64.2 Å². The average Bonchev–Trinajstić information content (AvgIpc) is 2.98. The summed E-state index contributed by atoms with van der Waals surface area (Å²) in [5.74, 6) is -1.50. The third-order valence-corrected chi connectivity index (χ3v) is 7.29. The third-order valence-electron chi connectivity index (χ3n) is 5.87. The second kappa shape index (κ2) is 14.1. The summed E-state index contributed by atoms with van der Waals surface area (Å²) in [4.78, 5) is 50.7. The zero-order valence-corrected chi connectivity index (χ0v) is 23.8. The number of halogens is 1. The molecule has 0 bridgehead atoms. The zero-order chi connectivity index (χ0) is 30.1. The van der Waals surface area contributed by atoms with Crippen LogP contribution in [0.4, 0.5) is 17.1 Å². The lowest BCUT2D eigenvalue weighted by Crippen LogP contribution is -2.30. The molecule has 212 valence electrons. The molecule has 11 heteroatoms. The van der Waals surface area contributed by atoms with Crippen molar-refractivity contribution in [3.8, 4) is 0 Å². The van der Waals surface area contributed by atoms with Gasteiger partial charge in [0.25, 0.3) is 17.5 Å². The zero-order valence-electron chi connectivity index (χ0n) is 22.2. The van der Waals surface area contributed by atoms with Gasteiger partial charge in [-0.3, -0.25) is 24.5 Å². The number of carbonyl (C=O) groups is 3. The molecule has 0 aliphatic rings. The van der Waals surface area contributed by atoms with Crippen LogP contribution in [0.2, 0.25) is 5.02 Å². The van der Waals surface area contributed by atoms with E-state index in [1.165, 1.54) is 36.0 Å². The molecule has 0 heterocycles. The molecule has 3 amide bonds. The summed E-state index contributed by atoms with van der Waals surface area (Å²) < 4.78 is 0. The lowest BCUT2D eigenvalue weighted by molar-refractivity contribution is -0.385. The number of para-hydroxylation sites is 2. The van der Waals surface area contributed by atoms with Gasteiger partial charge in [0.05, 0.1) is 26.4 Å². The predicted molar refractivity (Wildman–Crippen MR) is 165 cm³/mol. The molecule has 0 saturated carbocycles. The van der Waals surface area contributed by atoms with Crippen molar-refractivity contribution in [3.63, 3.8) is 0 Å². The van der Waals surface area contributed by atoms with Gasteiger partial charge in [-0.15, -0.1) is 11.8 Å². The maximum Gasteiger partial charge on any atom is 0.276 e. The van der Waals surface area contributed by atoms with Gasteiger partial charge in [-0.1, -0.05) is 60.1 Å². The number of hydrogen-bond donors (Lipinski definition) is 3. The number of nitro benzene ring substituents is 1. The van der Waals surface area contributed by atoms with Gasteiger partial charge in [0, 0.05) is 22.2 Å². The number of carbonyl (C=O) groups excluding carboxylic acids is 3. The fraction of sp³-hybridized carbons (Fsp3) is 0.0645. The van der Waals surface area contributed by atoms with Gasteiger partial charge < -0.3 is 16.0 Å². The summed E-state index contributed by atoms with van der Waals surface area (Å²) in [7, 11) is 0. The van der Waals surface area contributed by atoms with Crippen LogP contribution < -0.4 is 16.0 Å². The smallest absolute Gasteiger partial charge is 0.276 e. The quantitative estimate of drug-likeness (QED) is 0.0796. The predicted octanol–water partition coefficient (Wildman–Crippen LogP) is 6.78. The van der Waals surface area contributed by atoms with Crippen LogP contribution in [0.5, 0.6) is 0 Å². The van der Waals surface area contributed by atoms with Gasteiger partial charge in [-0.05, 0) is 61.5 Å². The van der Waals surface area contributed by atoms with E-state index in [-0.39, 0.29) is 22.9 Å². The molecule has 1 unspecified atom stereocenters. The molecule has 0 radical (unpaired) electrons. The van der Waals surface area contributed by atoms with E-state index in [1.807, 2.05) is 0 Å². The van der Waals surface area contributed by atoms with Crippen molar-refractivity contribution in [1.82, 2.24) is 5.32 Å². The molecule has 4 aromatic rings. The number of anilines is 2. The molecule has 0 fully saturated rings. The van der Waals surface area contributed by atoms with Gasteiger partial charge in [0.1, 0.15) is 5.70 Å². The summed E-state index contributed by atoms with van der Waals surface area (Å²) in [5, 5.41) is 19.6. The first-order valence-corrected chi connectivity index (χ1v) is 13.9. The molecule has 0 aliphatic carbocycles. The first kappa shape index (κ1) is 30.0. The largest absolute Gasteiger partial charge is 0.324 e. The second-order valence-corrected chi connectivity index (χ2v) is 10.7. The van der Waals surface area contributed by atoms with E-state index in [4.69, 9.17) is 11.6 Å². The van der Waals surface area contributed by atoms with Crippen molar-refractivity contribution < 1.29 is 19.3 Å². The first-order chi connectivity index (χ1) is 20.2. The van der Waals surface area contributed by atoms with Crippen LogP contribution >= 0.6 is 23.4 Å². The van der Waals surface area contributed by atoms with Gasteiger partial charge >= 0.3 is 0 Å². The number of thioether (sulfide) groups is 1. The van der Waals surface area contributed by atoms with Crippen molar-refractivity contribution in [2.45, 2.75) is 17.1 Å². The van der Waals surface area contributed by atoms with Crippen LogP contribution in [0.1, 0.15) is 22.8 Å². The monoisotopic (exact) mass is 600 g/mol. The third kappa shape index (κ3) is 8.06. The summed E-state index contributed by atoms with van der Waals surface area (Å²) in [6.07, 6.45) is 1.26. The molecule has 4 aromatic carbocycles. The number of rotatable bonds is 10. The Labute approximate surface area is 251 Å². The first-order valence-electron chi connectivity index (χ1n) is 12.7. The van der Waals surface area contributed by atoms with Crippen LogP contribution in [-0.4, -0.2) is 27.9 Å². The van der Waals surface area contributed by atoms with Gasteiger partial charge in [0.15, 0.2) is 0 Å². The van der Waals surface area contributed by atoms with Crippen LogP contribution in [0.15, 0.2) is 114 Å². The highest BCUT2D eigenvalue weighted by atomic mass is 35.5. The molecule has 0 aliphatic heterocycles. The molecule has 0 aromatic heterocycles. The fourth-order valence-electron chi connectivity index (χ4n) is 3.77. The summed E-state index contributed by atoms with van der Waals surface area (Å²) in [5.41, 5.74) is 0.937. The number of nitrogens with one attached hydrogen (secondary N) is 3. The lowest BCUT2D eigenvalue weighted by atomic mass is 10.1. The van der Waals surface area contributed by atoms with Crippen molar-refractivity contribution in [2.24, 2.45) is 0 Å². The minimum absolute atomic E-state index is 0.142. The standard InChI is InChI=1S/C31H25ClN4O5S/c1-20(29(37)34-26-16-7-6-15-25(26)32)42-24-14-9-13-23(19-24)33-31(39)27(35-30(38)21-10-3-2-4-11-21)18-22-12-5-8-17-28(22)36(40)41/h2-20H,1H3,(H,33,39)(H,34,37)(H,35,38)/b27-18+. The Morgan fingerprint density at radius 3 is 2.31 bits per heavy atom. The molecular formula is C31H25ClN4O5S. The Bertz CT molecular complexity index is 1660. The molecule has 3 N–H and O–H groups in total. The van der Waals surface area contributed by atoms with Crippen molar-refractivity contribution in [3.05, 3.63) is 135 Å². The average molecular weight is 601 g/mol. The highest BCUT2D eigenvalue weighted by Crippen LogP contribution is 2.28. The summed E-state index contributed by atoms with van der Waals surface area (Å²) >= 11 is 7.42. The van der Waals surface area contributed by atoms with Gasteiger partial charge in [-0.2, -0.15) is 0 Å². The van der Waals surface area contributed by atoms with Crippen molar-refractivity contribution in [1.29, 1.82) is 0 Å². The Morgan fingerprint density at radius 1 is 0.881 bits per heavy atom. The van der Waals surface area contributed by atoms with E-state index in [0.717, 1.165) is 0 Å². The number of hydrogen-bond acceptors (Lipinski definition) is 6. The van der Waals surface area contributed by atoms with Crippen LogP contribution in [0.25, 0.3) is 6.08 Å². The summed E-state index contributed by atoms with van der Waals surface area (Å²) in [6.45, 7) is 1.74. The Balaban J connectivity index is 1.53. The minimum atomic E-state index is -0.691. The number of amides is 3. The van der Waals surface area contributed by atoms with Crippen LogP contribution in [-0.2, 0) is 9.59 Å². The maximum absolute atomic E-state index is 13.4. The topological polar surface area (TPSA) is 130 Å². The Kier molecular flexibility index (Phi) is 10.1. The van der Waals surface area contributed by atoms with E-state index >= 15 is 0 Å². The van der Waals surface area contributed by atoms with Gasteiger partial charge in [-0.25, -0.2) is 0 Å². The molecule has 4 rings (SSSR count). The number of nitrogens with zero attached hydrogens (tertiary/aromatic N) is 1. The summed E-state index contributed by atoms with van der Waals surface area (Å²) in [6, 6.07) is 27.9. The minimum Gasteiger partial charge on any atom is -0.324 e. The Hall–Kier alpha value is -4.93. The second-order valence-electron chi connectivity index (χ2n) is 8.91. The highest BCUT2D eigenvalue weighted by Gasteiger charge is 2.19. The van der Waals surface area contributed by atoms with Crippen molar-refractivity contribution in [2.75, 3.05) is 10.6 Å². The molecule has 42 heavy (non-hydrogen) atoms. The highest BCUT2D eigenvalue weighted by molar-refractivity contribution is 8.00. The normalized spacial score (nSPS) is 11.7. The van der Waals surface area contributed by atoms with E-state index in [1.54, 1.807) is 91.9 Å². The Morgan fingerprint density at radius 2 is 1.57 bits per heavy atom. The van der Waals surface area contributed by atoms with E-state index in [0.29, 0.717) is 26.9 Å². The lowest BCUT2D eigenvalue weighted by Gasteiger charge is -2.14. The fourth-order valence-corrected chi connectivity index (χ4v) is 4.88. The van der Waals surface area contributed by atoms with Crippen LogP contribution in [0, 0.1) is 10.1 Å². The number of nitro groups is 1. The molecule has 0 saturated heterocycles. The molecule has 9 nitrogen and oxygen atoms in total. The van der Waals surface area contributed by atoms with Crippen LogP contribution in [0.3, 0.4) is 0 Å². The van der Waals surface area contributed by atoms with E-state index < -0.39 is 22.0 Å². The molecule has 0 spiro atoms. The SMILES string of the molecule is CC(Sc1cccc(NC(=O)/C(=C\c2ccccc2[N+](=O)[O-])NC(=O)c2ccccc2)c1)C(=O)Nc1ccccc1Cl. The maximum atomic E-state index is 13.4. The molecular weight excluding hydrogens is 576 g/mol.